The van der Waals surface area contributed by atoms with Crippen molar-refractivity contribution in [2.24, 2.45) is 5.73 Å². The van der Waals surface area contributed by atoms with Gasteiger partial charge in [0.1, 0.15) is 0 Å². The van der Waals surface area contributed by atoms with E-state index in [2.05, 4.69) is 15.0 Å². The molecule has 0 radical (unpaired) electrons. The molecule has 0 unspecified atom stereocenters. The molecule has 2 aromatic rings. The van der Waals surface area contributed by atoms with Crippen LogP contribution in [0.15, 0.2) is 30.7 Å². The Balaban J connectivity index is 2.28. The minimum atomic E-state index is 0.366. The van der Waals surface area contributed by atoms with Gasteiger partial charge in [-0.15, -0.1) is 0 Å². The van der Waals surface area contributed by atoms with E-state index >= 15 is 0 Å². The molecule has 17 heavy (non-hydrogen) atoms. The van der Waals surface area contributed by atoms with Crippen LogP contribution in [0.1, 0.15) is 5.69 Å². The molecule has 0 saturated carbocycles. The van der Waals surface area contributed by atoms with Crippen molar-refractivity contribution in [3.8, 4) is 17.1 Å². The first-order chi connectivity index (χ1) is 8.33. The largest absolute Gasteiger partial charge is 0.467 e. The van der Waals surface area contributed by atoms with Crippen LogP contribution < -0.4 is 10.5 Å². The van der Waals surface area contributed by atoms with Crippen LogP contribution in [0.4, 0.5) is 0 Å². The van der Waals surface area contributed by atoms with E-state index in [1.54, 1.807) is 25.7 Å². The lowest BCUT2D eigenvalue weighted by molar-refractivity contribution is 0.380. The van der Waals surface area contributed by atoms with E-state index in [9.17, 15) is 0 Å². The number of nitrogens with zero attached hydrogens (tertiary/aromatic N) is 3. The summed E-state index contributed by atoms with van der Waals surface area (Å²) in [6.07, 6.45) is 6.00. The molecule has 0 atom stereocenters. The van der Waals surface area contributed by atoms with Gasteiger partial charge in [-0.2, -0.15) is 0 Å². The van der Waals surface area contributed by atoms with Crippen molar-refractivity contribution in [2.75, 3.05) is 13.7 Å². The predicted octanol–water partition coefficient (Wildman–Crippen LogP) is 1.05. The molecule has 2 N–H and O–H groups in total. The highest BCUT2D eigenvalue weighted by molar-refractivity contribution is 5.61. The lowest BCUT2D eigenvalue weighted by atomic mass is 10.1. The van der Waals surface area contributed by atoms with Gasteiger partial charge in [0.15, 0.2) is 0 Å². The summed E-state index contributed by atoms with van der Waals surface area (Å²) in [5, 5.41) is 0. The molecular formula is C12H14N4O. The SMILES string of the molecule is COc1ncc(-c2ccnc(CCN)c2)cn1. The van der Waals surface area contributed by atoms with E-state index in [4.69, 9.17) is 10.5 Å². The first kappa shape index (κ1) is 11.5. The maximum Gasteiger partial charge on any atom is 0.316 e. The van der Waals surface area contributed by atoms with Crippen LogP contribution in [0.25, 0.3) is 11.1 Å². The molecule has 0 aromatic carbocycles. The lowest BCUT2D eigenvalue weighted by Crippen LogP contribution is -2.04. The summed E-state index contributed by atoms with van der Waals surface area (Å²) in [5.74, 6) is 0. The highest BCUT2D eigenvalue weighted by Gasteiger charge is 2.02. The van der Waals surface area contributed by atoms with E-state index in [-0.39, 0.29) is 0 Å². The molecule has 0 fully saturated rings. The number of aromatic nitrogens is 3. The Morgan fingerprint density at radius 3 is 2.59 bits per heavy atom. The Morgan fingerprint density at radius 1 is 1.18 bits per heavy atom. The Morgan fingerprint density at radius 2 is 1.94 bits per heavy atom. The third-order valence-corrected chi connectivity index (χ3v) is 2.36. The second kappa shape index (κ2) is 5.36. The first-order valence-electron chi connectivity index (χ1n) is 5.35. The average molecular weight is 230 g/mol. The Labute approximate surface area is 99.7 Å². The van der Waals surface area contributed by atoms with Crippen LogP contribution in [0, 0.1) is 0 Å². The minimum absolute atomic E-state index is 0.366. The van der Waals surface area contributed by atoms with Gasteiger partial charge in [-0.25, -0.2) is 9.97 Å². The molecule has 2 rings (SSSR count). The van der Waals surface area contributed by atoms with E-state index in [0.29, 0.717) is 12.6 Å². The predicted molar refractivity (Wildman–Crippen MR) is 64.6 cm³/mol. The van der Waals surface area contributed by atoms with Gasteiger partial charge in [-0.3, -0.25) is 4.98 Å². The zero-order valence-electron chi connectivity index (χ0n) is 9.63. The fourth-order valence-corrected chi connectivity index (χ4v) is 1.51. The highest BCUT2D eigenvalue weighted by atomic mass is 16.5. The van der Waals surface area contributed by atoms with Crippen LogP contribution in [0.5, 0.6) is 6.01 Å². The maximum atomic E-state index is 5.51. The number of nitrogens with two attached hydrogens (primary N) is 1. The Bertz CT molecular complexity index is 484. The highest BCUT2D eigenvalue weighted by Crippen LogP contribution is 2.18. The second-order valence-electron chi connectivity index (χ2n) is 3.53. The summed E-state index contributed by atoms with van der Waals surface area (Å²) in [6.45, 7) is 0.593. The van der Waals surface area contributed by atoms with Gasteiger partial charge in [0.05, 0.1) is 7.11 Å². The molecule has 0 spiro atoms. The molecule has 0 aliphatic rings. The maximum absolute atomic E-state index is 5.51. The van der Waals surface area contributed by atoms with Crippen LogP contribution in [-0.2, 0) is 6.42 Å². The van der Waals surface area contributed by atoms with Crippen LogP contribution >= 0.6 is 0 Å². The number of ether oxygens (including phenoxy) is 1. The number of pyridine rings is 1. The lowest BCUT2D eigenvalue weighted by Gasteiger charge is -2.04. The number of hydrogen-bond donors (Lipinski definition) is 1. The van der Waals surface area contributed by atoms with E-state index in [0.717, 1.165) is 23.2 Å². The van der Waals surface area contributed by atoms with Crippen LogP contribution in [-0.4, -0.2) is 28.6 Å². The Kier molecular flexibility index (Phi) is 3.62. The molecule has 5 nitrogen and oxygen atoms in total. The van der Waals surface area contributed by atoms with Crippen molar-refractivity contribution in [3.05, 3.63) is 36.4 Å². The van der Waals surface area contributed by atoms with Gasteiger partial charge < -0.3 is 10.5 Å². The fraction of sp³-hybridized carbons (Fsp3) is 0.250. The molecular weight excluding hydrogens is 216 g/mol. The third-order valence-electron chi connectivity index (χ3n) is 2.36. The minimum Gasteiger partial charge on any atom is -0.467 e. The van der Waals surface area contributed by atoms with Gasteiger partial charge in [0.2, 0.25) is 0 Å². The molecule has 2 heterocycles. The summed E-state index contributed by atoms with van der Waals surface area (Å²) < 4.78 is 4.92. The number of hydrogen-bond acceptors (Lipinski definition) is 5. The topological polar surface area (TPSA) is 73.9 Å². The van der Waals surface area contributed by atoms with Gasteiger partial charge in [-0.1, -0.05) is 0 Å². The first-order valence-corrected chi connectivity index (χ1v) is 5.35. The molecule has 0 aliphatic carbocycles. The molecule has 0 aliphatic heterocycles. The summed E-state index contributed by atoms with van der Waals surface area (Å²) in [6, 6.07) is 4.29. The smallest absolute Gasteiger partial charge is 0.316 e. The summed E-state index contributed by atoms with van der Waals surface area (Å²) in [4.78, 5) is 12.4. The molecule has 0 bridgehead atoms. The molecule has 0 amide bonds. The van der Waals surface area contributed by atoms with E-state index < -0.39 is 0 Å². The van der Waals surface area contributed by atoms with E-state index in [1.165, 1.54) is 0 Å². The zero-order chi connectivity index (χ0) is 12.1. The average Bonchev–Trinajstić information content (AvgIpc) is 2.40. The van der Waals surface area contributed by atoms with Crippen LogP contribution in [0.3, 0.4) is 0 Å². The monoisotopic (exact) mass is 230 g/mol. The molecule has 0 saturated heterocycles. The van der Waals surface area contributed by atoms with Crippen molar-refractivity contribution in [3.63, 3.8) is 0 Å². The fourth-order valence-electron chi connectivity index (χ4n) is 1.51. The van der Waals surface area contributed by atoms with Crippen molar-refractivity contribution in [1.82, 2.24) is 15.0 Å². The number of rotatable bonds is 4. The van der Waals surface area contributed by atoms with Crippen molar-refractivity contribution in [1.29, 1.82) is 0 Å². The summed E-state index contributed by atoms with van der Waals surface area (Å²) in [5.41, 5.74) is 8.45. The van der Waals surface area contributed by atoms with Crippen LogP contribution in [0.2, 0.25) is 0 Å². The van der Waals surface area contributed by atoms with Gasteiger partial charge >= 0.3 is 6.01 Å². The van der Waals surface area contributed by atoms with Gasteiger partial charge in [0, 0.05) is 36.3 Å². The standard InChI is InChI=1S/C12H14N4O/c1-17-12-15-7-10(8-16-12)9-3-5-14-11(6-9)2-4-13/h3,5-8H,2,4,13H2,1H3. The van der Waals surface area contributed by atoms with E-state index in [1.807, 2.05) is 12.1 Å². The second-order valence-corrected chi connectivity index (χ2v) is 3.53. The molecule has 88 valence electrons. The molecule has 2 aromatic heterocycles. The quantitative estimate of drug-likeness (QED) is 0.849. The van der Waals surface area contributed by atoms with Crippen molar-refractivity contribution >= 4 is 0 Å². The van der Waals surface area contributed by atoms with Gasteiger partial charge in [0.25, 0.3) is 0 Å². The third kappa shape index (κ3) is 2.76. The normalized spacial score (nSPS) is 10.2. The number of methoxy groups -OCH3 is 1. The molecule has 5 heteroatoms. The summed E-state index contributed by atoms with van der Waals surface area (Å²) in [7, 11) is 1.54. The van der Waals surface area contributed by atoms with Crippen molar-refractivity contribution in [2.45, 2.75) is 6.42 Å². The Hall–Kier alpha value is -2.01. The van der Waals surface area contributed by atoms with Gasteiger partial charge in [-0.05, 0) is 24.2 Å². The van der Waals surface area contributed by atoms with Crippen molar-refractivity contribution < 1.29 is 4.74 Å². The summed E-state index contributed by atoms with van der Waals surface area (Å²) >= 11 is 0. The zero-order valence-corrected chi connectivity index (χ0v) is 9.63.